The smallest absolute Gasteiger partial charge is 0.327 e. The van der Waals surface area contributed by atoms with Gasteiger partial charge in [-0.05, 0) is 19.8 Å². The Labute approximate surface area is 111 Å². The fourth-order valence-corrected chi connectivity index (χ4v) is 2.32. The first-order chi connectivity index (χ1) is 9.07. The number of nitriles is 1. The van der Waals surface area contributed by atoms with Crippen LogP contribution in [0.15, 0.2) is 4.42 Å². The predicted octanol–water partition coefficient (Wildman–Crippen LogP) is 2.46. The van der Waals surface area contributed by atoms with E-state index in [4.69, 9.17) is 9.15 Å². The molecule has 0 bridgehead atoms. The summed E-state index contributed by atoms with van der Waals surface area (Å²) in [6.07, 6.45) is 3.35. The molecule has 0 spiro atoms. The van der Waals surface area contributed by atoms with Gasteiger partial charge in [0.25, 0.3) is 5.89 Å². The quantitative estimate of drug-likeness (QED) is 0.778. The van der Waals surface area contributed by atoms with Crippen molar-refractivity contribution in [3.63, 3.8) is 0 Å². The Morgan fingerprint density at radius 1 is 1.42 bits per heavy atom. The van der Waals surface area contributed by atoms with E-state index in [0.29, 0.717) is 18.7 Å². The van der Waals surface area contributed by atoms with E-state index in [1.165, 1.54) is 0 Å². The number of hydrogen-bond acceptors (Lipinski definition) is 6. The number of aromatic nitrogens is 2. The molecule has 1 aliphatic rings. The summed E-state index contributed by atoms with van der Waals surface area (Å²) >= 11 is 0. The number of esters is 1. The second-order valence-electron chi connectivity index (χ2n) is 4.96. The van der Waals surface area contributed by atoms with Crippen molar-refractivity contribution >= 4 is 5.97 Å². The zero-order valence-corrected chi connectivity index (χ0v) is 11.2. The SMILES string of the molecule is Cc1nnc(C(C)OC(=O)C2(C#N)CCCCC2)o1. The number of carbonyl (C=O) groups excluding carboxylic acids is 1. The monoisotopic (exact) mass is 263 g/mol. The molecule has 1 saturated carbocycles. The number of ether oxygens (including phenoxy) is 1. The predicted molar refractivity (Wildman–Crippen MR) is 64.7 cm³/mol. The topological polar surface area (TPSA) is 89.0 Å². The molecule has 1 unspecified atom stereocenters. The van der Waals surface area contributed by atoms with E-state index in [-0.39, 0.29) is 5.89 Å². The molecule has 0 aromatic carbocycles. The van der Waals surface area contributed by atoms with Gasteiger partial charge >= 0.3 is 5.97 Å². The van der Waals surface area contributed by atoms with Crippen LogP contribution in [0, 0.1) is 23.7 Å². The van der Waals surface area contributed by atoms with E-state index in [9.17, 15) is 10.1 Å². The zero-order chi connectivity index (χ0) is 13.9. The van der Waals surface area contributed by atoms with E-state index < -0.39 is 17.5 Å². The molecular weight excluding hydrogens is 246 g/mol. The lowest BCUT2D eigenvalue weighted by atomic mass is 9.75. The third kappa shape index (κ3) is 2.75. The van der Waals surface area contributed by atoms with Gasteiger partial charge < -0.3 is 9.15 Å². The van der Waals surface area contributed by atoms with Gasteiger partial charge in [-0.15, -0.1) is 10.2 Å². The summed E-state index contributed by atoms with van der Waals surface area (Å²) in [5.41, 5.74) is -0.998. The fourth-order valence-electron chi connectivity index (χ4n) is 2.32. The number of aryl methyl sites for hydroxylation is 1. The molecule has 0 radical (unpaired) electrons. The van der Waals surface area contributed by atoms with Crippen molar-refractivity contribution in [1.82, 2.24) is 10.2 Å². The van der Waals surface area contributed by atoms with Crippen LogP contribution in [-0.4, -0.2) is 16.2 Å². The van der Waals surface area contributed by atoms with Crippen molar-refractivity contribution in [3.8, 4) is 6.07 Å². The Bertz CT molecular complexity index is 497. The number of nitrogens with zero attached hydrogens (tertiary/aromatic N) is 3. The third-order valence-corrected chi connectivity index (χ3v) is 3.49. The van der Waals surface area contributed by atoms with Gasteiger partial charge in [-0.1, -0.05) is 19.3 Å². The molecule has 2 rings (SSSR count). The minimum atomic E-state index is -0.998. The Morgan fingerprint density at radius 2 is 2.11 bits per heavy atom. The van der Waals surface area contributed by atoms with Crippen LogP contribution in [0.1, 0.15) is 56.9 Å². The van der Waals surface area contributed by atoms with Crippen molar-refractivity contribution < 1.29 is 13.9 Å². The fraction of sp³-hybridized carbons (Fsp3) is 0.692. The number of hydrogen-bond donors (Lipinski definition) is 0. The average Bonchev–Trinajstić information content (AvgIpc) is 2.86. The molecule has 6 heteroatoms. The summed E-state index contributed by atoms with van der Waals surface area (Å²) in [6.45, 7) is 3.34. The number of carbonyl (C=O) groups is 1. The van der Waals surface area contributed by atoms with Gasteiger partial charge in [-0.3, -0.25) is 4.79 Å². The Kier molecular flexibility index (Phi) is 3.84. The maximum Gasteiger partial charge on any atom is 0.327 e. The molecule has 19 heavy (non-hydrogen) atoms. The molecule has 0 N–H and O–H groups in total. The van der Waals surface area contributed by atoms with Gasteiger partial charge in [0.15, 0.2) is 11.5 Å². The summed E-state index contributed by atoms with van der Waals surface area (Å²) in [6, 6.07) is 2.14. The first kappa shape index (κ1) is 13.5. The van der Waals surface area contributed by atoms with Crippen molar-refractivity contribution in [2.24, 2.45) is 5.41 Å². The van der Waals surface area contributed by atoms with Gasteiger partial charge in [0.2, 0.25) is 5.89 Å². The van der Waals surface area contributed by atoms with E-state index in [0.717, 1.165) is 19.3 Å². The van der Waals surface area contributed by atoms with Crippen LogP contribution in [0.25, 0.3) is 0 Å². The highest BCUT2D eigenvalue weighted by Crippen LogP contribution is 2.38. The maximum absolute atomic E-state index is 12.2. The van der Waals surface area contributed by atoms with Gasteiger partial charge in [-0.2, -0.15) is 5.26 Å². The molecule has 0 aliphatic heterocycles. The zero-order valence-electron chi connectivity index (χ0n) is 11.2. The van der Waals surface area contributed by atoms with E-state index in [1.807, 2.05) is 0 Å². The van der Waals surface area contributed by atoms with Crippen LogP contribution in [-0.2, 0) is 9.53 Å². The van der Waals surface area contributed by atoms with Gasteiger partial charge in [0.05, 0.1) is 6.07 Å². The Morgan fingerprint density at radius 3 is 2.63 bits per heavy atom. The highest BCUT2D eigenvalue weighted by atomic mass is 16.6. The average molecular weight is 263 g/mol. The normalized spacial score (nSPS) is 19.4. The molecular formula is C13H17N3O3. The Balaban J connectivity index is 2.05. The molecule has 1 aromatic heterocycles. The summed E-state index contributed by atoms with van der Waals surface area (Å²) in [4.78, 5) is 12.2. The largest absolute Gasteiger partial charge is 0.451 e. The molecule has 102 valence electrons. The van der Waals surface area contributed by atoms with Crippen LogP contribution in [0.4, 0.5) is 0 Å². The Hall–Kier alpha value is -1.90. The molecule has 1 fully saturated rings. The first-order valence-corrected chi connectivity index (χ1v) is 6.50. The molecule has 6 nitrogen and oxygen atoms in total. The second kappa shape index (κ2) is 5.39. The highest BCUT2D eigenvalue weighted by Gasteiger charge is 2.42. The molecule has 0 saturated heterocycles. The molecule has 1 atom stereocenters. The third-order valence-electron chi connectivity index (χ3n) is 3.49. The minimum Gasteiger partial charge on any atom is -0.451 e. The first-order valence-electron chi connectivity index (χ1n) is 6.50. The van der Waals surface area contributed by atoms with Crippen LogP contribution in [0.5, 0.6) is 0 Å². The molecule has 0 amide bonds. The standard InChI is InChI=1S/C13H17N3O3/c1-9(11-16-15-10(2)19-11)18-12(17)13(8-14)6-4-3-5-7-13/h9H,3-7H2,1-2H3. The van der Waals surface area contributed by atoms with Crippen LogP contribution in [0.3, 0.4) is 0 Å². The molecule has 1 heterocycles. The van der Waals surface area contributed by atoms with Crippen LogP contribution >= 0.6 is 0 Å². The summed E-state index contributed by atoms with van der Waals surface area (Å²) in [5.74, 6) is 0.207. The lowest BCUT2D eigenvalue weighted by Gasteiger charge is -2.28. The van der Waals surface area contributed by atoms with Gasteiger partial charge in [-0.25, -0.2) is 0 Å². The summed E-state index contributed by atoms with van der Waals surface area (Å²) in [5, 5.41) is 16.8. The lowest BCUT2D eigenvalue weighted by Crippen LogP contribution is -2.34. The molecule has 1 aromatic rings. The lowest BCUT2D eigenvalue weighted by molar-refractivity contribution is -0.160. The van der Waals surface area contributed by atoms with Crippen molar-refractivity contribution in [1.29, 1.82) is 5.26 Å². The van der Waals surface area contributed by atoms with E-state index >= 15 is 0 Å². The number of rotatable bonds is 3. The summed E-state index contributed by atoms with van der Waals surface area (Å²) in [7, 11) is 0. The summed E-state index contributed by atoms with van der Waals surface area (Å²) < 4.78 is 10.5. The minimum absolute atomic E-state index is 0.259. The van der Waals surface area contributed by atoms with E-state index in [2.05, 4.69) is 16.3 Å². The molecule has 1 aliphatic carbocycles. The van der Waals surface area contributed by atoms with Crippen molar-refractivity contribution in [2.75, 3.05) is 0 Å². The highest BCUT2D eigenvalue weighted by molar-refractivity contribution is 5.80. The second-order valence-corrected chi connectivity index (χ2v) is 4.96. The van der Waals surface area contributed by atoms with Gasteiger partial charge in [0, 0.05) is 6.92 Å². The van der Waals surface area contributed by atoms with Crippen molar-refractivity contribution in [2.45, 2.75) is 52.1 Å². The van der Waals surface area contributed by atoms with Crippen LogP contribution in [0.2, 0.25) is 0 Å². The van der Waals surface area contributed by atoms with Gasteiger partial charge in [0.1, 0.15) is 0 Å². The van der Waals surface area contributed by atoms with Crippen LogP contribution < -0.4 is 0 Å². The van der Waals surface area contributed by atoms with Crippen molar-refractivity contribution in [3.05, 3.63) is 11.8 Å². The maximum atomic E-state index is 12.2. The van der Waals surface area contributed by atoms with E-state index in [1.54, 1.807) is 13.8 Å².